The zero-order chi connectivity index (χ0) is 18.9. The Morgan fingerprint density at radius 2 is 1.74 bits per heavy atom. The van der Waals surface area contributed by atoms with Crippen molar-refractivity contribution in [3.8, 4) is 0 Å². The van der Waals surface area contributed by atoms with Crippen LogP contribution in [-0.4, -0.2) is 37.1 Å². The maximum atomic E-state index is 12.6. The fourth-order valence-corrected chi connectivity index (χ4v) is 4.26. The number of carbonyl (C=O) groups is 1. The van der Waals surface area contributed by atoms with Gasteiger partial charge in [0.05, 0.1) is 13.0 Å². The summed E-state index contributed by atoms with van der Waals surface area (Å²) in [6.45, 7) is 2.13. The van der Waals surface area contributed by atoms with E-state index in [1.807, 2.05) is 18.2 Å². The van der Waals surface area contributed by atoms with Gasteiger partial charge in [0.25, 0.3) is 0 Å². The Morgan fingerprint density at radius 1 is 1.04 bits per heavy atom. The Balaban J connectivity index is 1.63. The predicted octanol–water partition coefficient (Wildman–Crippen LogP) is 4.82. The summed E-state index contributed by atoms with van der Waals surface area (Å²) >= 11 is 0. The molecule has 0 saturated carbocycles. The van der Waals surface area contributed by atoms with Gasteiger partial charge in [-0.05, 0) is 56.3 Å². The van der Waals surface area contributed by atoms with E-state index >= 15 is 0 Å². The van der Waals surface area contributed by atoms with Crippen molar-refractivity contribution in [1.29, 1.82) is 0 Å². The molecule has 1 saturated heterocycles. The minimum absolute atomic E-state index is 0.109. The first-order chi connectivity index (χ1) is 13.3. The highest BCUT2D eigenvalue weighted by Gasteiger charge is 2.35. The second-order valence-electron chi connectivity index (χ2n) is 7.45. The van der Waals surface area contributed by atoms with Crippen LogP contribution in [0.3, 0.4) is 0 Å². The molecule has 1 aliphatic rings. The molecule has 2 unspecified atom stereocenters. The minimum atomic E-state index is -0.189. The smallest absolute Gasteiger partial charge is 0.314 e. The van der Waals surface area contributed by atoms with Crippen LogP contribution < -0.4 is 0 Å². The average Bonchev–Trinajstić information content (AvgIpc) is 2.74. The number of unbranched alkanes of at least 4 members (excludes halogenated alkanes) is 1. The number of hydrogen-bond acceptors (Lipinski definition) is 3. The summed E-state index contributed by atoms with van der Waals surface area (Å²) in [5.41, 5.74) is 2.48. The first-order valence-corrected chi connectivity index (χ1v) is 10.2. The molecule has 3 rings (SSSR count). The Labute approximate surface area is 163 Å². The lowest BCUT2D eigenvalue weighted by Gasteiger charge is -2.39. The number of carbonyl (C=O) groups excluding carboxylic acids is 1. The standard InChI is InChI=1S/C24H31NO2/c1-27-24(26)23(21-15-6-3-7-16-21)22-17-9-11-19-25(22)18-10-8-14-20-12-4-2-5-13-20/h2-7,12-13,15-16,22-23H,8-11,14,17-19H2,1H3. The summed E-state index contributed by atoms with van der Waals surface area (Å²) < 4.78 is 5.19. The number of aryl methyl sites for hydroxylation is 1. The van der Waals surface area contributed by atoms with Crippen LogP contribution >= 0.6 is 0 Å². The SMILES string of the molecule is COC(=O)C(c1ccccc1)C1CCCCN1CCCCc1ccccc1. The van der Waals surface area contributed by atoms with Crippen LogP contribution in [0.4, 0.5) is 0 Å². The second kappa shape index (κ2) is 10.3. The largest absolute Gasteiger partial charge is 0.469 e. The normalized spacial score (nSPS) is 18.8. The van der Waals surface area contributed by atoms with Gasteiger partial charge in [-0.3, -0.25) is 9.69 Å². The van der Waals surface area contributed by atoms with Gasteiger partial charge in [-0.15, -0.1) is 0 Å². The molecule has 0 N–H and O–H groups in total. The van der Waals surface area contributed by atoms with E-state index in [0.717, 1.165) is 37.9 Å². The van der Waals surface area contributed by atoms with E-state index < -0.39 is 0 Å². The molecule has 1 aliphatic heterocycles. The van der Waals surface area contributed by atoms with Crippen molar-refractivity contribution in [2.75, 3.05) is 20.2 Å². The maximum Gasteiger partial charge on any atom is 0.314 e. The predicted molar refractivity (Wildman–Crippen MR) is 110 cm³/mol. The van der Waals surface area contributed by atoms with Crippen LogP contribution in [0.5, 0.6) is 0 Å². The van der Waals surface area contributed by atoms with Crippen molar-refractivity contribution in [2.24, 2.45) is 0 Å². The molecule has 0 bridgehead atoms. The molecular weight excluding hydrogens is 334 g/mol. The van der Waals surface area contributed by atoms with Crippen LogP contribution in [0.2, 0.25) is 0 Å². The van der Waals surface area contributed by atoms with E-state index in [9.17, 15) is 4.79 Å². The fraction of sp³-hybridized carbons (Fsp3) is 0.458. The first kappa shape index (κ1) is 19.6. The van der Waals surface area contributed by atoms with Gasteiger partial charge in [-0.1, -0.05) is 67.1 Å². The van der Waals surface area contributed by atoms with Gasteiger partial charge in [-0.2, -0.15) is 0 Å². The van der Waals surface area contributed by atoms with Gasteiger partial charge in [0, 0.05) is 6.04 Å². The summed E-state index contributed by atoms with van der Waals surface area (Å²) in [4.78, 5) is 15.2. The van der Waals surface area contributed by atoms with Gasteiger partial charge in [-0.25, -0.2) is 0 Å². The van der Waals surface area contributed by atoms with E-state index in [4.69, 9.17) is 4.74 Å². The van der Waals surface area contributed by atoms with Gasteiger partial charge in [0.2, 0.25) is 0 Å². The minimum Gasteiger partial charge on any atom is -0.469 e. The topological polar surface area (TPSA) is 29.5 Å². The number of ether oxygens (including phenoxy) is 1. The summed E-state index contributed by atoms with van der Waals surface area (Å²) in [7, 11) is 1.51. The molecule has 27 heavy (non-hydrogen) atoms. The van der Waals surface area contributed by atoms with E-state index in [0.29, 0.717) is 0 Å². The third-order valence-corrected chi connectivity index (χ3v) is 5.67. The maximum absolute atomic E-state index is 12.6. The number of likely N-dealkylation sites (tertiary alicyclic amines) is 1. The number of methoxy groups -OCH3 is 1. The molecule has 3 nitrogen and oxygen atoms in total. The quantitative estimate of drug-likeness (QED) is 0.496. The molecule has 0 aromatic heterocycles. The number of rotatable bonds is 8. The van der Waals surface area contributed by atoms with Crippen molar-refractivity contribution in [2.45, 2.75) is 50.5 Å². The first-order valence-electron chi connectivity index (χ1n) is 10.2. The number of piperidine rings is 1. The summed E-state index contributed by atoms with van der Waals surface area (Å²) in [5, 5.41) is 0. The third kappa shape index (κ3) is 5.43. The second-order valence-corrected chi connectivity index (χ2v) is 7.45. The Morgan fingerprint density at radius 3 is 2.44 bits per heavy atom. The number of esters is 1. The highest BCUT2D eigenvalue weighted by molar-refractivity contribution is 5.79. The summed E-state index contributed by atoms with van der Waals surface area (Å²) in [6, 6.07) is 21.1. The Hall–Kier alpha value is -2.13. The van der Waals surface area contributed by atoms with Crippen molar-refractivity contribution in [3.05, 3.63) is 71.8 Å². The van der Waals surface area contributed by atoms with Crippen LogP contribution in [0.1, 0.15) is 49.1 Å². The molecule has 144 valence electrons. The summed E-state index contributed by atoms with van der Waals surface area (Å²) in [6.07, 6.45) is 6.94. The van der Waals surface area contributed by atoms with E-state index in [-0.39, 0.29) is 17.9 Å². The van der Waals surface area contributed by atoms with Crippen LogP contribution in [-0.2, 0) is 16.0 Å². The zero-order valence-electron chi connectivity index (χ0n) is 16.3. The number of hydrogen-bond donors (Lipinski definition) is 0. The van der Waals surface area contributed by atoms with Crippen LogP contribution in [0, 0.1) is 0 Å². The molecular formula is C24H31NO2. The molecule has 2 aromatic carbocycles. The van der Waals surface area contributed by atoms with Crippen molar-refractivity contribution < 1.29 is 9.53 Å². The highest BCUT2D eigenvalue weighted by atomic mass is 16.5. The van der Waals surface area contributed by atoms with Crippen molar-refractivity contribution in [3.63, 3.8) is 0 Å². The van der Waals surface area contributed by atoms with E-state index in [1.165, 1.54) is 31.9 Å². The molecule has 0 amide bonds. The van der Waals surface area contributed by atoms with Crippen LogP contribution in [0.25, 0.3) is 0 Å². The Kier molecular flexibility index (Phi) is 7.46. The zero-order valence-corrected chi connectivity index (χ0v) is 16.3. The lowest BCUT2D eigenvalue weighted by molar-refractivity contribution is -0.144. The van der Waals surface area contributed by atoms with Gasteiger partial charge >= 0.3 is 5.97 Å². The average molecular weight is 366 g/mol. The monoisotopic (exact) mass is 365 g/mol. The highest BCUT2D eigenvalue weighted by Crippen LogP contribution is 2.31. The van der Waals surface area contributed by atoms with E-state index in [1.54, 1.807) is 0 Å². The van der Waals surface area contributed by atoms with Gasteiger partial charge in [0.15, 0.2) is 0 Å². The van der Waals surface area contributed by atoms with Gasteiger partial charge in [0.1, 0.15) is 0 Å². The molecule has 1 heterocycles. The molecule has 0 aliphatic carbocycles. The van der Waals surface area contributed by atoms with Gasteiger partial charge < -0.3 is 4.74 Å². The number of benzene rings is 2. The lowest BCUT2D eigenvalue weighted by Crippen LogP contribution is -2.46. The molecule has 1 fully saturated rings. The Bertz CT molecular complexity index is 686. The van der Waals surface area contributed by atoms with Crippen molar-refractivity contribution >= 4 is 5.97 Å². The molecule has 2 aromatic rings. The van der Waals surface area contributed by atoms with Crippen LogP contribution in [0.15, 0.2) is 60.7 Å². The van der Waals surface area contributed by atoms with Crippen molar-refractivity contribution in [1.82, 2.24) is 4.90 Å². The number of nitrogens with zero attached hydrogens (tertiary/aromatic N) is 1. The third-order valence-electron chi connectivity index (χ3n) is 5.67. The summed E-state index contributed by atoms with van der Waals surface area (Å²) in [5.74, 6) is -0.298. The molecule has 0 spiro atoms. The fourth-order valence-electron chi connectivity index (χ4n) is 4.26. The molecule has 2 atom stereocenters. The molecule has 3 heteroatoms. The lowest BCUT2D eigenvalue weighted by atomic mass is 9.85. The molecule has 0 radical (unpaired) electrons. The van der Waals surface area contributed by atoms with E-state index in [2.05, 4.69) is 47.4 Å².